The van der Waals surface area contributed by atoms with E-state index in [1.165, 1.54) is 6.07 Å². The Labute approximate surface area is 110 Å². The molecular formula is C13H16FN3S. The van der Waals surface area contributed by atoms with Crippen LogP contribution in [0.1, 0.15) is 16.3 Å². The molecule has 96 valence electrons. The minimum Gasteiger partial charge on any atom is -0.366 e. The molecule has 2 rings (SSSR count). The summed E-state index contributed by atoms with van der Waals surface area (Å²) in [5, 5.41) is 3.02. The van der Waals surface area contributed by atoms with E-state index < -0.39 is 0 Å². The molecule has 0 aliphatic heterocycles. The maximum absolute atomic E-state index is 13.9. The lowest BCUT2D eigenvalue weighted by atomic mass is 10.2. The van der Waals surface area contributed by atoms with Crippen molar-refractivity contribution in [1.29, 1.82) is 0 Å². The van der Waals surface area contributed by atoms with Crippen molar-refractivity contribution in [3.05, 3.63) is 45.7 Å². The van der Waals surface area contributed by atoms with Gasteiger partial charge in [0.15, 0.2) is 0 Å². The number of thiazole rings is 1. The van der Waals surface area contributed by atoms with E-state index in [1.807, 2.05) is 30.3 Å². The predicted molar refractivity (Wildman–Crippen MR) is 73.2 cm³/mol. The van der Waals surface area contributed by atoms with Crippen molar-refractivity contribution in [1.82, 2.24) is 4.98 Å². The number of halogens is 1. The van der Waals surface area contributed by atoms with Gasteiger partial charge in [-0.3, -0.25) is 0 Å². The Morgan fingerprint density at radius 1 is 1.44 bits per heavy atom. The Balaban J connectivity index is 2.15. The monoisotopic (exact) mass is 265 g/mol. The van der Waals surface area contributed by atoms with Crippen molar-refractivity contribution in [2.75, 3.05) is 11.9 Å². The van der Waals surface area contributed by atoms with Crippen LogP contribution in [0.25, 0.3) is 0 Å². The number of nitrogens with two attached hydrogens (primary N) is 1. The normalized spacial score (nSPS) is 10.7. The van der Waals surface area contributed by atoms with Crippen LogP contribution in [-0.2, 0) is 13.1 Å². The second kappa shape index (κ2) is 5.46. The van der Waals surface area contributed by atoms with Crippen LogP contribution in [0, 0.1) is 12.7 Å². The van der Waals surface area contributed by atoms with E-state index in [1.54, 1.807) is 17.4 Å². The van der Waals surface area contributed by atoms with E-state index in [9.17, 15) is 4.39 Å². The first-order valence-corrected chi connectivity index (χ1v) is 6.58. The summed E-state index contributed by atoms with van der Waals surface area (Å²) in [6.45, 7) is 2.92. The van der Waals surface area contributed by atoms with Gasteiger partial charge >= 0.3 is 0 Å². The molecule has 0 unspecified atom stereocenters. The third-order valence-corrected chi connectivity index (χ3v) is 3.55. The lowest BCUT2D eigenvalue weighted by Gasteiger charge is -2.19. The first-order chi connectivity index (χ1) is 8.60. The molecular weight excluding hydrogens is 249 g/mol. The zero-order valence-electron chi connectivity index (χ0n) is 10.5. The first-order valence-electron chi connectivity index (χ1n) is 5.71. The summed E-state index contributed by atoms with van der Waals surface area (Å²) in [6, 6.07) is 5.09. The van der Waals surface area contributed by atoms with Gasteiger partial charge in [-0.05, 0) is 24.6 Å². The van der Waals surface area contributed by atoms with Crippen molar-refractivity contribution in [2.45, 2.75) is 20.0 Å². The van der Waals surface area contributed by atoms with Crippen molar-refractivity contribution in [2.24, 2.45) is 5.73 Å². The second-order valence-corrected chi connectivity index (χ2v) is 5.27. The zero-order valence-corrected chi connectivity index (χ0v) is 11.3. The van der Waals surface area contributed by atoms with Crippen LogP contribution >= 0.6 is 11.3 Å². The Kier molecular flexibility index (Phi) is 3.93. The van der Waals surface area contributed by atoms with Crippen molar-refractivity contribution in [3.63, 3.8) is 0 Å². The highest BCUT2D eigenvalue weighted by atomic mass is 32.1. The molecule has 18 heavy (non-hydrogen) atoms. The molecule has 0 saturated heterocycles. The highest BCUT2D eigenvalue weighted by Crippen LogP contribution is 2.21. The van der Waals surface area contributed by atoms with Crippen LogP contribution in [-0.4, -0.2) is 12.0 Å². The molecule has 0 bridgehead atoms. The molecule has 1 aromatic carbocycles. The molecule has 3 nitrogen and oxygen atoms in total. The maximum Gasteiger partial charge on any atom is 0.146 e. The van der Waals surface area contributed by atoms with Crippen LogP contribution in [0.2, 0.25) is 0 Å². The number of benzene rings is 1. The number of aryl methyl sites for hydroxylation is 1. The van der Waals surface area contributed by atoms with Gasteiger partial charge in [0.2, 0.25) is 0 Å². The van der Waals surface area contributed by atoms with Gasteiger partial charge in [0.25, 0.3) is 0 Å². The van der Waals surface area contributed by atoms with Crippen LogP contribution < -0.4 is 10.6 Å². The van der Waals surface area contributed by atoms with Gasteiger partial charge in [0.1, 0.15) is 5.82 Å². The molecule has 1 heterocycles. The summed E-state index contributed by atoms with van der Waals surface area (Å²) in [7, 11) is 1.86. The standard InChI is InChI=1S/C13H16FN3S/c1-9-16-11(8-18-9)7-17(2)13-4-3-10(6-15)5-12(13)14/h3-5,8H,6-7,15H2,1-2H3. The fraction of sp³-hybridized carbons (Fsp3) is 0.308. The fourth-order valence-electron chi connectivity index (χ4n) is 1.80. The van der Waals surface area contributed by atoms with Crippen LogP contribution in [0.3, 0.4) is 0 Å². The highest BCUT2D eigenvalue weighted by Gasteiger charge is 2.10. The van der Waals surface area contributed by atoms with E-state index >= 15 is 0 Å². The minimum absolute atomic E-state index is 0.243. The Morgan fingerprint density at radius 2 is 2.22 bits per heavy atom. The third-order valence-electron chi connectivity index (χ3n) is 2.72. The number of hydrogen-bond acceptors (Lipinski definition) is 4. The Morgan fingerprint density at radius 3 is 2.78 bits per heavy atom. The summed E-state index contributed by atoms with van der Waals surface area (Å²) in [6.07, 6.45) is 0. The van der Waals surface area contributed by atoms with Gasteiger partial charge in [-0.25, -0.2) is 9.37 Å². The van der Waals surface area contributed by atoms with E-state index in [0.29, 0.717) is 18.8 Å². The van der Waals surface area contributed by atoms with Gasteiger partial charge in [0, 0.05) is 19.0 Å². The number of anilines is 1. The third kappa shape index (κ3) is 2.86. The van der Waals surface area contributed by atoms with Crippen molar-refractivity contribution >= 4 is 17.0 Å². The van der Waals surface area contributed by atoms with Crippen LogP contribution in [0.5, 0.6) is 0 Å². The molecule has 0 radical (unpaired) electrons. The highest BCUT2D eigenvalue weighted by molar-refractivity contribution is 7.09. The van der Waals surface area contributed by atoms with Gasteiger partial charge in [-0.2, -0.15) is 0 Å². The summed E-state index contributed by atoms with van der Waals surface area (Å²) in [5.41, 5.74) is 7.81. The average Bonchev–Trinajstić information content (AvgIpc) is 2.74. The minimum atomic E-state index is -0.243. The maximum atomic E-state index is 13.9. The largest absolute Gasteiger partial charge is 0.366 e. The molecule has 0 spiro atoms. The lowest BCUT2D eigenvalue weighted by Crippen LogP contribution is -2.18. The lowest BCUT2D eigenvalue weighted by molar-refractivity contribution is 0.619. The van der Waals surface area contributed by atoms with Gasteiger partial charge in [0.05, 0.1) is 22.9 Å². The van der Waals surface area contributed by atoms with Gasteiger partial charge in [-0.1, -0.05) is 6.07 Å². The molecule has 0 saturated carbocycles. The summed E-state index contributed by atoms with van der Waals surface area (Å²) >= 11 is 1.60. The first kappa shape index (κ1) is 13.0. The topological polar surface area (TPSA) is 42.2 Å². The van der Waals surface area contributed by atoms with Crippen LogP contribution in [0.15, 0.2) is 23.6 Å². The Hall–Kier alpha value is -1.46. The van der Waals surface area contributed by atoms with Crippen LogP contribution in [0.4, 0.5) is 10.1 Å². The number of hydrogen-bond donors (Lipinski definition) is 1. The van der Waals surface area contributed by atoms with E-state index in [0.717, 1.165) is 16.3 Å². The van der Waals surface area contributed by atoms with Gasteiger partial charge in [-0.15, -0.1) is 11.3 Å². The summed E-state index contributed by atoms with van der Waals surface area (Å²) < 4.78 is 13.9. The van der Waals surface area contributed by atoms with Gasteiger partial charge < -0.3 is 10.6 Å². The number of rotatable bonds is 4. The van der Waals surface area contributed by atoms with Crippen molar-refractivity contribution < 1.29 is 4.39 Å². The quantitative estimate of drug-likeness (QED) is 0.924. The van der Waals surface area contributed by atoms with Crippen molar-refractivity contribution in [3.8, 4) is 0 Å². The van der Waals surface area contributed by atoms with E-state index in [4.69, 9.17) is 5.73 Å². The molecule has 0 aliphatic rings. The van der Waals surface area contributed by atoms with E-state index in [-0.39, 0.29) is 5.82 Å². The number of nitrogens with zero attached hydrogens (tertiary/aromatic N) is 2. The molecule has 0 aliphatic carbocycles. The smallest absolute Gasteiger partial charge is 0.146 e. The Bertz CT molecular complexity index is 539. The molecule has 2 N–H and O–H groups in total. The summed E-state index contributed by atoms with van der Waals surface area (Å²) in [4.78, 5) is 6.23. The van der Waals surface area contributed by atoms with E-state index in [2.05, 4.69) is 4.98 Å². The zero-order chi connectivity index (χ0) is 13.1. The average molecular weight is 265 g/mol. The fourth-order valence-corrected chi connectivity index (χ4v) is 2.40. The predicted octanol–water partition coefficient (Wildman–Crippen LogP) is 2.69. The SMILES string of the molecule is Cc1nc(CN(C)c2ccc(CN)cc2F)cs1. The molecule has 0 fully saturated rings. The second-order valence-electron chi connectivity index (χ2n) is 4.20. The molecule has 2 aromatic rings. The molecule has 5 heteroatoms. The molecule has 0 atom stereocenters. The molecule has 1 aromatic heterocycles. The number of aromatic nitrogens is 1. The molecule has 0 amide bonds. The summed E-state index contributed by atoms with van der Waals surface area (Å²) in [5.74, 6) is -0.243.